The molecule has 1 fully saturated rings. The number of aliphatic hydroxyl groups excluding tert-OH is 1. The highest BCUT2D eigenvalue weighted by atomic mass is 16.3. The number of likely N-dealkylation sites (tertiary alicyclic amines) is 1. The van der Waals surface area contributed by atoms with Crippen LogP contribution in [0, 0.1) is 5.92 Å². The lowest BCUT2D eigenvalue weighted by atomic mass is 9.99. The van der Waals surface area contributed by atoms with E-state index in [2.05, 4.69) is 11.8 Å². The average molecular weight is 172 g/mol. The molecule has 0 unspecified atom stereocenters. The van der Waals surface area contributed by atoms with E-state index in [9.17, 15) is 5.11 Å². The van der Waals surface area contributed by atoms with Gasteiger partial charge in [-0.25, -0.2) is 0 Å². The molecule has 0 saturated carbocycles. The number of nitrogens with two attached hydrogens (primary N) is 1. The average Bonchev–Trinajstić information content (AvgIpc) is 2.09. The first-order valence-electron chi connectivity index (χ1n) is 4.83. The predicted molar refractivity (Wildman–Crippen MR) is 49.9 cm³/mol. The van der Waals surface area contributed by atoms with E-state index in [1.54, 1.807) is 0 Å². The maximum absolute atomic E-state index is 9.31. The summed E-state index contributed by atoms with van der Waals surface area (Å²) in [5.41, 5.74) is 5.34. The lowest BCUT2D eigenvalue weighted by molar-refractivity contribution is 0.0965. The van der Waals surface area contributed by atoms with Crippen LogP contribution < -0.4 is 5.73 Å². The van der Waals surface area contributed by atoms with Crippen LogP contribution >= 0.6 is 0 Å². The summed E-state index contributed by atoms with van der Waals surface area (Å²) in [5, 5.41) is 9.31. The highest BCUT2D eigenvalue weighted by Gasteiger charge is 2.17. The number of piperidine rings is 1. The summed E-state index contributed by atoms with van der Waals surface area (Å²) >= 11 is 0. The third-order valence-corrected chi connectivity index (χ3v) is 2.62. The Balaban J connectivity index is 2.17. The number of rotatable bonds is 3. The van der Waals surface area contributed by atoms with Crippen molar-refractivity contribution in [3.8, 4) is 0 Å². The van der Waals surface area contributed by atoms with Crippen molar-refractivity contribution in [1.82, 2.24) is 4.90 Å². The second kappa shape index (κ2) is 4.80. The minimum atomic E-state index is -0.335. The van der Waals surface area contributed by atoms with Crippen molar-refractivity contribution in [3.05, 3.63) is 0 Å². The Morgan fingerprint density at radius 1 is 1.50 bits per heavy atom. The fraction of sp³-hybridized carbons (Fsp3) is 1.00. The van der Waals surface area contributed by atoms with Gasteiger partial charge in [-0.3, -0.25) is 0 Å². The molecule has 1 atom stereocenters. The molecule has 3 N–H and O–H groups in total. The zero-order valence-electron chi connectivity index (χ0n) is 7.87. The third kappa shape index (κ3) is 3.09. The van der Waals surface area contributed by atoms with Crippen molar-refractivity contribution in [2.24, 2.45) is 11.7 Å². The number of hydrogen-bond acceptors (Lipinski definition) is 3. The molecule has 1 aliphatic heterocycles. The highest BCUT2D eigenvalue weighted by molar-refractivity contribution is 4.72. The van der Waals surface area contributed by atoms with Crippen molar-refractivity contribution >= 4 is 0 Å². The third-order valence-electron chi connectivity index (χ3n) is 2.62. The van der Waals surface area contributed by atoms with Gasteiger partial charge < -0.3 is 15.7 Å². The molecule has 1 heterocycles. The Bertz CT molecular complexity index is 122. The largest absolute Gasteiger partial charge is 0.390 e. The van der Waals surface area contributed by atoms with Crippen LogP contribution in [0.5, 0.6) is 0 Å². The van der Waals surface area contributed by atoms with E-state index in [1.807, 2.05) is 0 Å². The van der Waals surface area contributed by atoms with Gasteiger partial charge in [-0.15, -0.1) is 0 Å². The van der Waals surface area contributed by atoms with Crippen molar-refractivity contribution in [1.29, 1.82) is 0 Å². The van der Waals surface area contributed by atoms with Gasteiger partial charge in [-0.05, 0) is 31.8 Å². The summed E-state index contributed by atoms with van der Waals surface area (Å²) in [4.78, 5) is 2.30. The molecule has 1 rings (SSSR count). The van der Waals surface area contributed by atoms with Gasteiger partial charge in [0.05, 0.1) is 6.10 Å². The molecule has 72 valence electrons. The van der Waals surface area contributed by atoms with E-state index in [4.69, 9.17) is 5.73 Å². The Morgan fingerprint density at radius 2 is 2.08 bits per heavy atom. The Kier molecular flexibility index (Phi) is 3.98. The molecule has 0 radical (unpaired) electrons. The monoisotopic (exact) mass is 172 g/mol. The summed E-state index contributed by atoms with van der Waals surface area (Å²) < 4.78 is 0. The topological polar surface area (TPSA) is 49.5 Å². The van der Waals surface area contributed by atoms with E-state index in [-0.39, 0.29) is 6.10 Å². The van der Waals surface area contributed by atoms with Crippen LogP contribution in [0.1, 0.15) is 19.8 Å². The molecular weight excluding hydrogens is 152 g/mol. The summed E-state index contributed by atoms with van der Waals surface area (Å²) in [6, 6.07) is 0. The molecular formula is C9H20N2O. The van der Waals surface area contributed by atoms with E-state index in [0.717, 1.165) is 25.6 Å². The molecule has 1 aliphatic rings. The summed E-state index contributed by atoms with van der Waals surface area (Å²) in [7, 11) is 0. The summed E-state index contributed by atoms with van der Waals surface area (Å²) in [6.45, 7) is 5.67. The minimum absolute atomic E-state index is 0.335. The van der Waals surface area contributed by atoms with Gasteiger partial charge in [-0.2, -0.15) is 0 Å². The SMILES string of the molecule is CC1CCN(C[C@@H](O)CN)CC1. The molecule has 0 bridgehead atoms. The van der Waals surface area contributed by atoms with Gasteiger partial charge in [0.15, 0.2) is 0 Å². The number of nitrogens with zero attached hydrogens (tertiary/aromatic N) is 1. The molecule has 1 saturated heterocycles. The fourth-order valence-electron chi connectivity index (χ4n) is 1.62. The minimum Gasteiger partial charge on any atom is -0.390 e. The van der Waals surface area contributed by atoms with Crippen molar-refractivity contribution < 1.29 is 5.11 Å². The molecule has 0 aliphatic carbocycles. The van der Waals surface area contributed by atoms with Crippen LogP contribution in [0.15, 0.2) is 0 Å². The van der Waals surface area contributed by atoms with Gasteiger partial charge in [0.25, 0.3) is 0 Å². The number of β-amino-alcohol motifs (C(OH)–C–C–N with tert-alkyl or cyclic N) is 1. The second-order valence-corrected chi connectivity index (χ2v) is 3.87. The molecule has 0 aromatic heterocycles. The Morgan fingerprint density at radius 3 is 2.58 bits per heavy atom. The molecule has 12 heavy (non-hydrogen) atoms. The highest BCUT2D eigenvalue weighted by Crippen LogP contribution is 2.15. The van der Waals surface area contributed by atoms with Crippen LogP contribution in [0.25, 0.3) is 0 Å². The molecule has 0 aromatic rings. The van der Waals surface area contributed by atoms with E-state index >= 15 is 0 Å². The molecule has 0 aromatic carbocycles. The Hall–Kier alpha value is -0.120. The molecule has 3 heteroatoms. The smallest absolute Gasteiger partial charge is 0.0789 e. The first kappa shape index (κ1) is 9.96. The van der Waals surface area contributed by atoms with E-state index in [1.165, 1.54) is 12.8 Å². The van der Waals surface area contributed by atoms with Crippen LogP contribution in [-0.4, -0.2) is 42.3 Å². The van der Waals surface area contributed by atoms with E-state index < -0.39 is 0 Å². The zero-order chi connectivity index (χ0) is 8.97. The van der Waals surface area contributed by atoms with Gasteiger partial charge in [0, 0.05) is 13.1 Å². The normalized spacial score (nSPS) is 24.2. The fourth-order valence-corrected chi connectivity index (χ4v) is 1.62. The van der Waals surface area contributed by atoms with Gasteiger partial charge in [0.1, 0.15) is 0 Å². The van der Waals surface area contributed by atoms with Crippen LogP contribution in [0.2, 0.25) is 0 Å². The van der Waals surface area contributed by atoms with Gasteiger partial charge in [0.2, 0.25) is 0 Å². The summed E-state index contributed by atoms with van der Waals surface area (Å²) in [6.07, 6.45) is 2.19. The zero-order valence-corrected chi connectivity index (χ0v) is 7.87. The molecule has 0 amide bonds. The van der Waals surface area contributed by atoms with Gasteiger partial charge in [-0.1, -0.05) is 6.92 Å². The van der Waals surface area contributed by atoms with Crippen molar-refractivity contribution in [3.63, 3.8) is 0 Å². The second-order valence-electron chi connectivity index (χ2n) is 3.87. The van der Waals surface area contributed by atoms with Gasteiger partial charge >= 0.3 is 0 Å². The molecule has 3 nitrogen and oxygen atoms in total. The maximum atomic E-state index is 9.31. The first-order chi connectivity index (χ1) is 5.72. The maximum Gasteiger partial charge on any atom is 0.0789 e. The molecule has 0 spiro atoms. The number of aliphatic hydroxyl groups is 1. The van der Waals surface area contributed by atoms with E-state index in [0.29, 0.717) is 6.54 Å². The lowest BCUT2D eigenvalue weighted by Crippen LogP contribution is -2.40. The van der Waals surface area contributed by atoms with Crippen LogP contribution in [-0.2, 0) is 0 Å². The van der Waals surface area contributed by atoms with Crippen LogP contribution in [0.4, 0.5) is 0 Å². The lowest BCUT2D eigenvalue weighted by Gasteiger charge is -2.31. The number of hydrogen-bond donors (Lipinski definition) is 2. The van der Waals surface area contributed by atoms with Crippen LogP contribution in [0.3, 0.4) is 0 Å². The van der Waals surface area contributed by atoms with Crippen molar-refractivity contribution in [2.45, 2.75) is 25.9 Å². The summed E-state index contributed by atoms with van der Waals surface area (Å²) in [5.74, 6) is 0.858. The first-order valence-corrected chi connectivity index (χ1v) is 4.83. The quantitative estimate of drug-likeness (QED) is 0.632. The predicted octanol–water partition coefficient (Wildman–Crippen LogP) is 0.0379. The van der Waals surface area contributed by atoms with Crippen molar-refractivity contribution in [2.75, 3.05) is 26.2 Å². The Labute approximate surface area is 74.5 Å². The standard InChI is InChI=1S/C9H20N2O/c1-8-2-4-11(5-3-8)7-9(12)6-10/h8-9,12H,2-7,10H2,1H3/t9-/m0/s1.